The summed E-state index contributed by atoms with van der Waals surface area (Å²) in [5, 5.41) is 129. The molecule has 4 aliphatic heterocycles. The van der Waals surface area contributed by atoms with Crippen molar-refractivity contribution in [1.82, 2.24) is 10.6 Å². The zero-order valence-electron chi connectivity index (χ0n) is 27.8. The first kappa shape index (κ1) is 42.9. The van der Waals surface area contributed by atoms with E-state index in [-0.39, 0.29) is 0 Å². The number of ether oxygens (including phenoxy) is 7. The molecule has 4 heterocycles. The molecule has 2 amide bonds. The molecule has 304 valence electrons. The van der Waals surface area contributed by atoms with Crippen LogP contribution < -0.4 is 10.6 Å². The van der Waals surface area contributed by atoms with Gasteiger partial charge in [-0.05, 0) is 0 Å². The lowest BCUT2D eigenvalue weighted by Crippen LogP contribution is -2.71. The predicted octanol–water partition coefficient (Wildman–Crippen LogP) is -9.28. The van der Waals surface area contributed by atoms with Gasteiger partial charge in [-0.1, -0.05) is 0 Å². The lowest BCUT2D eigenvalue weighted by molar-refractivity contribution is -0.376. The monoisotopic (exact) mass is 776 g/mol. The quantitative estimate of drug-likeness (QED) is 0.0875. The van der Waals surface area contributed by atoms with Crippen LogP contribution in [0, 0.1) is 0 Å². The van der Waals surface area contributed by atoms with Gasteiger partial charge in [-0.15, -0.1) is 0 Å². The van der Waals surface area contributed by atoms with Crippen molar-refractivity contribution in [2.75, 3.05) is 13.2 Å². The van der Waals surface area contributed by atoms with Gasteiger partial charge in [-0.2, -0.15) is 0 Å². The Morgan fingerprint density at radius 2 is 0.981 bits per heavy atom. The highest BCUT2D eigenvalue weighted by Crippen LogP contribution is 2.35. The fourth-order valence-electron chi connectivity index (χ4n) is 6.28. The van der Waals surface area contributed by atoms with E-state index in [1.165, 1.54) is 0 Å². The second kappa shape index (κ2) is 17.8. The minimum absolute atomic E-state index is 0.787. The van der Waals surface area contributed by atoms with Crippen molar-refractivity contribution in [3.05, 3.63) is 0 Å². The number of carbonyl (C=O) groups is 4. The standard InChI is InChI=1S/C28H44N2O23/c1-5(33)29-9-13(37)11(35)7(3-31)47-26(9)53-21-15(39)14(38)20(23(42)43)52-28(21)50-18-10(30-6(2)34)27(48-8(4-32)12(18)36)51-19-16(40)17(41)25(46)49-22(19)24(44)45/h7-22,25-28,31-32,35-41,46H,3-4H2,1-2H3,(H,29,33)(H,30,34)(H,42,43)(H,44,45)/t7-,8-,9-,10-,11-,12+,13-,14-,15+,16-,17-,18-,19-,20+,21-,22+,25+,26+,27-,28-/m1/s1. The van der Waals surface area contributed by atoms with Crippen molar-refractivity contribution in [3.8, 4) is 0 Å². The number of aliphatic hydroxyl groups excluding tert-OH is 10. The summed E-state index contributed by atoms with van der Waals surface area (Å²) in [5.41, 5.74) is 0. The molecule has 0 unspecified atom stereocenters. The zero-order chi connectivity index (χ0) is 39.6. The van der Waals surface area contributed by atoms with Crippen LogP contribution in [0.25, 0.3) is 0 Å². The van der Waals surface area contributed by atoms with Crippen LogP contribution in [0.2, 0.25) is 0 Å². The minimum Gasteiger partial charge on any atom is -0.479 e. The average molecular weight is 777 g/mol. The van der Waals surface area contributed by atoms with E-state index in [0.717, 1.165) is 13.8 Å². The van der Waals surface area contributed by atoms with Gasteiger partial charge in [0.1, 0.15) is 85.3 Å². The first-order chi connectivity index (χ1) is 24.8. The van der Waals surface area contributed by atoms with Crippen molar-refractivity contribution >= 4 is 23.8 Å². The van der Waals surface area contributed by atoms with E-state index in [1.807, 2.05) is 0 Å². The molecule has 20 atom stereocenters. The maximum atomic E-state index is 12.4. The van der Waals surface area contributed by atoms with E-state index in [2.05, 4.69) is 10.6 Å². The minimum atomic E-state index is -2.29. The topological polar surface area (TPSA) is 400 Å². The molecule has 0 aromatic carbocycles. The van der Waals surface area contributed by atoms with Gasteiger partial charge < -0.3 is 105 Å². The summed E-state index contributed by atoms with van der Waals surface area (Å²) in [5.74, 6) is -5.33. The van der Waals surface area contributed by atoms with Crippen molar-refractivity contribution in [1.29, 1.82) is 0 Å². The summed E-state index contributed by atoms with van der Waals surface area (Å²) < 4.78 is 38.6. The molecule has 0 aromatic rings. The molecule has 25 nitrogen and oxygen atoms in total. The molecule has 4 rings (SSSR count). The number of nitrogens with one attached hydrogen (secondary N) is 2. The summed E-state index contributed by atoms with van der Waals surface area (Å²) in [6, 6.07) is -3.48. The Balaban J connectivity index is 1.73. The predicted molar refractivity (Wildman–Crippen MR) is 158 cm³/mol. The maximum Gasteiger partial charge on any atom is 0.335 e. The molecule has 53 heavy (non-hydrogen) atoms. The molecule has 4 aliphatic rings. The fourth-order valence-corrected chi connectivity index (χ4v) is 6.28. The highest BCUT2D eigenvalue weighted by Gasteiger charge is 2.57. The first-order valence-corrected chi connectivity index (χ1v) is 16.1. The molecule has 0 aliphatic carbocycles. The molecule has 0 bridgehead atoms. The van der Waals surface area contributed by atoms with Crippen LogP contribution in [-0.4, -0.2) is 221 Å². The molecule has 4 saturated heterocycles. The Bertz CT molecular complexity index is 1300. The van der Waals surface area contributed by atoms with Gasteiger partial charge >= 0.3 is 11.9 Å². The van der Waals surface area contributed by atoms with Gasteiger partial charge in [-0.3, -0.25) is 9.59 Å². The second-order valence-corrected chi connectivity index (χ2v) is 12.7. The Labute approximate surface area is 298 Å². The van der Waals surface area contributed by atoms with E-state index in [4.69, 9.17) is 33.2 Å². The zero-order valence-corrected chi connectivity index (χ0v) is 27.8. The lowest BCUT2D eigenvalue weighted by Gasteiger charge is -2.50. The summed E-state index contributed by atoms with van der Waals surface area (Å²) in [6.07, 6.45) is -36.9. The van der Waals surface area contributed by atoms with Gasteiger partial charge in [0.05, 0.1) is 13.2 Å². The van der Waals surface area contributed by atoms with E-state index in [0.29, 0.717) is 0 Å². The number of amides is 2. The largest absolute Gasteiger partial charge is 0.479 e. The van der Waals surface area contributed by atoms with E-state index >= 15 is 0 Å². The summed E-state index contributed by atoms with van der Waals surface area (Å²) >= 11 is 0. The van der Waals surface area contributed by atoms with Gasteiger partial charge in [-0.25, -0.2) is 9.59 Å². The third-order valence-electron chi connectivity index (χ3n) is 8.94. The van der Waals surface area contributed by atoms with Crippen LogP contribution >= 0.6 is 0 Å². The van der Waals surface area contributed by atoms with Crippen LogP contribution in [-0.2, 0) is 52.3 Å². The molecule has 4 fully saturated rings. The Kier molecular flexibility index (Phi) is 14.4. The van der Waals surface area contributed by atoms with Crippen LogP contribution in [0.5, 0.6) is 0 Å². The Morgan fingerprint density at radius 3 is 1.51 bits per heavy atom. The SMILES string of the molecule is CC(=O)N[C@H]1[C@H](O[C@H]2[C@H](O[C@H]3[C@@H](O)[C@@H](CO)O[C@H](O[C@@H]4[C@H](O)[C@@H](O)[C@@H](O)O[C@@H]4C(=O)O)[C@@H]3NC(C)=O)O[C@H](C(=O)O)[C@H](O)[C@@H]2O)O[C@H](CO)[C@@H](O)[C@@H]1O. The highest BCUT2D eigenvalue weighted by atomic mass is 16.8. The summed E-state index contributed by atoms with van der Waals surface area (Å²) in [7, 11) is 0. The molecule has 0 aromatic heterocycles. The average Bonchev–Trinajstić information content (AvgIpc) is 3.08. The highest BCUT2D eigenvalue weighted by molar-refractivity contribution is 5.74. The van der Waals surface area contributed by atoms with E-state index in [9.17, 15) is 80.5 Å². The van der Waals surface area contributed by atoms with Crippen LogP contribution in [0.4, 0.5) is 0 Å². The number of hydrogen-bond acceptors (Lipinski definition) is 21. The molecule has 25 heteroatoms. The molecular formula is C28H44N2O23. The second-order valence-electron chi connectivity index (χ2n) is 12.7. The molecule has 0 spiro atoms. The smallest absolute Gasteiger partial charge is 0.335 e. The van der Waals surface area contributed by atoms with Crippen molar-refractivity contribution in [3.63, 3.8) is 0 Å². The third-order valence-corrected chi connectivity index (χ3v) is 8.94. The van der Waals surface area contributed by atoms with E-state index < -0.39 is 160 Å². The molecule has 0 saturated carbocycles. The fraction of sp³-hybridized carbons (Fsp3) is 0.857. The molecule has 0 radical (unpaired) electrons. The summed E-state index contributed by atoms with van der Waals surface area (Å²) in [4.78, 5) is 48.4. The van der Waals surface area contributed by atoms with Crippen molar-refractivity contribution in [2.45, 2.75) is 137 Å². The van der Waals surface area contributed by atoms with Crippen LogP contribution in [0.1, 0.15) is 13.8 Å². The van der Waals surface area contributed by atoms with Crippen molar-refractivity contribution < 1.29 is 114 Å². The van der Waals surface area contributed by atoms with Gasteiger partial charge in [0.15, 0.2) is 37.4 Å². The first-order valence-electron chi connectivity index (χ1n) is 16.1. The number of rotatable bonds is 12. The number of carbonyl (C=O) groups excluding carboxylic acids is 2. The van der Waals surface area contributed by atoms with Crippen LogP contribution in [0.3, 0.4) is 0 Å². The molecular weight excluding hydrogens is 732 g/mol. The van der Waals surface area contributed by atoms with Gasteiger partial charge in [0.2, 0.25) is 11.8 Å². The Morgan fingerprint density at radius 1 is 0.509 bits per heavy atom. The van der Waals surface area contributed by atoms with Crippen LogP contribution in [0.15, 0.2) is 0 Å². The van der Waals surface area contributed by atoms with Gasteiger partial charge in [0.25, 0.3) is 0 Å². The van der Waals surface area contributed by atoms with Gasteiger partial charge in [0, 0.05) is 13.8 Å². The van der Waals surface area contributed by atoms with Crippen molar-refractivity contribution in [2.24, 2.45) is 0 Å². The normalized spacial score (nSPS) is 46.3. The number of aliphatic hydroxyl groups is 10. The lowest BCUT2D eigenvalue weighted by atomic mass is 9.94. The Hall–Kier alpha value is -2.80. The number of hydrogen-bond donors (Lipinski definition) is 14. The summed E-state index contributed by atoms with van der Waals surface area (Å²) in [6.45, 7) is 0.0303. The third kappa shape index (κ3) is 9.19. The molecule has 14 N–H and O–H groups in total. The maximum absolute atomic E-state index is 12.4. The number of carboxylic acid groups (broad SMARTS) is 2. The number of carboxylic acids is 2. The van der Waals surface area contributed by atoms with E-state index in [1.54, 1.807) is 0 Å². The number of aliphatic carboxylic acids is 2.